The number of aromatic nitrogens is 2. The van der Waals surface area contributed by atoms with Crippen LogP contribution in [-0.4, -0.2) is 35.2 Å². The molecule has 1 fully saturated rings. The molecule has 3 aromatic rings. The van der Waals surface area contributed by atoms with Crippen molar-refractivity contribution >= 4 is 15.7 Å². The maximum absolute atomic E-state index is 12.8. The van der Waals surface area contributed by atoms with Crippen LogP contribution in [0.2, 0.25) is 0 Å². The number of nitrogens with zero attached hydrogens (tertiary/aromatic N) is 3. The Balaban J connectivity index is 1.61. The molecule has 1 aliphatic rings. The highest BCUT2D eigenvalue weighted by Gasteiger charge is 2.27. The molecule has 1 saturated heterocycles. The zero-order chi connectivity index (χ0) is 17.4. The second kappa shape index (κ2) is 6.28. The van der Waals surface area contributed by atoms with Gasteiger partial charge in [-0.05, 0) is 43.0 Å². The van der Waals surface area contributed by atoms with Gasteiger partial charge in [0, 0.05) is 31.0 Å². The lowest BCUT2D eigenvalue weighted by molar-refractivity contribution is 0.288. The van der Waals surface area contributed by atoms with E-state index in [-0.39, 0.29) is 0 Å². The molecule has 4 rings (SSSR count). The van der Waals surface area contributed by atoms with Crippen LogP contribution < -0.4 is 0 Å². The summed E-state index contributed by atoms with van der Waals surface area (Å²) < 4.78 is 29.1. The first-order chi connectivity index (χ1) is 12.0. The van der Waals surface area contributed by atoms with Crippen molar-refractivity contribution in [3.05, 3.63) is 54.9 Å². The standard InChI is InChI=1S/C19H21N3O2S/c1-15-9-12-22(13-10-15)25(23,24)17-7-5-16(6-8-17)18-14-21-11-3-2-4-19(21)20-18/h2-8,11,14-15H,9-10,12-13H2,1H3. The molecular formula is C19H21N3O2S. The lowest BCUT2D eigenvalue weighted by atomic mass is 10.0. The van der Waals surface area contributed by atoms with E-state index in [2.05, 4.69) is 11.9 Å². The molecule has 0 spiro atoms. The Morgan fingerprint density at radius 2 is 1.76 bits per heavy atom. The van der Waals surface area contributed by atoms with Gasteiger partial charge in [0.1, 0.15) is 5.65 Å². The lowest BCUT2D eigenvalue weighted by Crippen LogP contribution is -2.37. The van der Waals surface area contributed by atoms with E-state index in [1.165, 1.54) is 0 Å². The first-order valence-electron chi connectivity index (χ1n) is 8.58. The lowest BCUT2D eigenvalue weighted by Gasteiger charge is -2.29. The Bertz CT molecular complexity index is 952. The van der Waals surface area contributed by atoms with Crippen molar-refractivity contribution in [3.8, 4) is 11.3 Å². The Hall–Kier alpha value is -2.18. The summed E-state index contributed by atoms with van der Waals surface area (Å²) in [7, 11) is -3.40. The molecule has 6 heteroatoms. The van der Waals surface area contributed by atoms with Crippen molar-refractivity contribution in [1.82, 2.24) is 13.7 Å². The monoisotopic (exact) mass is 355 g/mol. The van der Waals surface area contributed by atoms with Crippen molar-refractivity contribution in [3.63, 3.8) is 0 Å². The number of hydrogen-bond acceptors (Lipinski definition) is 3. The normalized spacial score (nSPS) is 17.2. The van der Waals surface area contributed by atoms with Crippen LogP contribution in [0.4, 0.5) is 0 Å². The largest absolute Gasteiger partial charge is 0.306 e. The zero-order valence-electron chi connectivity index (χ0n) is 14.2. The average molecular weight is 355 g/mol. The van der Waals surface area contributed by atoms with E-state index in [1.54, 1.807) is 16.4 Å². The topological polar surface area (TPSA) is 54.7 Å². The molecule has 0 unspecified atom stereocenters. The molecule has 0 aliphatic carbocycles. The molecule has 1 aliphatic heterocycles. The first-order valence-corrected chi connectivity index (χ1v) is 10.0. The molecule has 130 valence electrons. The van der Waals surface area contributed by atoms with E-state index in [4.69, 9.17) is 0 Å². The third kappa shape index (κ3) is 3.07. The molecule has 2 aromatic heterocycles. The summed E-state index contributed by atoms with van der Waals surface area (Å²) in [5, 5.41) is 0. The maximum atomic E-state index is 12.8. The van der Waals surface area contributed by atoms with Gasteiger partial charge in [-0.2, -0.15) is 4.31 Å². The van der Waals surface area contributed by atoms with Crippen molar-refractivity contribution in [1.29, 1.82) is 0 Å². The second-order valence-electron chi connectivity index (χ2n) is 6.70. The van der Waals surface area contributed by atoms with E-state index in [0.29, 0.717) is 23.9 Å². The average Bonchev–Trinajstić information content (AvgIpc) is 3.06. The minimum absolute atomic E-state index is 0.356. The summed E-state index contributed by atoms with van der Waals surface area (Å²) >= 11 is 0. The maximum Gasteiger partial charge on any atom is 0.243 e. The van der Waals surface area contributed by atoms with Gasteiger partial charge in [-0.25, -0.2) is 13.4 Å². The number of piperidine rings is 1. The van der Waals surface area contributed by atoms with Crippen LogP contribution in [0, 0.1) is 5.92 Å². The zero-order valence-corrected chi connectivity index (χ0v) is 15.0. The Morgan fingerprint density at radius 3 is 2.44 bits per heavy atom. The van der Waals surface area contributed by atoms with Gasteiger partial charge >= 0.3 is 0 Å². The molecule has 0 saturated carbocycles. The van der Waals surface area contributed by atoms with Crippen molar-refractivity contribution in [2.24, 2.45) is 5.92 Å². The number of rotatable bonds is 3. The van der Waals surface area contributed by atoms with Crippen LogP contribution >= 0.6 is 0 Å². The molecule has 3 heterocycles. The van der Waals surface area contributed by atoms with Gasteiger partial charge in [0.05, 0.1) is 10.6 Å². The Kier molecular flexibility index (Phi) is 4.09. The van der Waals surface area contributed by atoms with E-state index in [0.717, 1.165) is 29.7 Å². The van der Waals surface area contributed by atoms with Crippen LogP contribution in [0.5, 0.6) is 0 Å². The molecule has 1 aromatic carbocycles. The molecular weight excluding hydrogens is 334 g/mol. The van der Waals surface area contributed by atoms with Crippen LogP contribution in [0.3, 0.4) is 0 Å². The Labute approximate surface area is 148 Å². The summed E-state index contributed by atoms with van der Waals surface area (Å²) in [5.41, 5.74) is 2.62. The molecule has 5 nitrogen and oxygen atoms in total. The van der Waals surface area contributed by atoms with Crippen LogP contribution in [-0.2, 0) is 10.0 Å². The third-order valence-electron chi connectivity index (χ3n) is 4.89. The number of sulfonamides is 1. The van der Waals surface area contributed by atoms with Crippen molar-refractivity contribution < 1.29 is 8.42 Å². The minimum Gasteiger partial charge on any atom is -0.306 e. The summed E-state index contributed by atoms with van der Waals surface area (Å²) in [6.45, 7) is 3.39. The smallest absolute Gasteiger partial charge is 0.243 e. The highest BCUT2D eigenvalue weighted by molar-refractivity contribution is 7.89. The van der Waals surface area contributed by atoms with Crippen molar-refractivity contribution in [2.45, 2.75) is 24.7 Å². The van der Waals surface area contributed by atoms with E-state index < -0.39 is 10.0 Å². The molecule has 0 bridgehead atoms. The number of pyridine rings is 1. The van der Waals surface area contributed by atoms with Gasteiger partial charge in [-0.1, -0.05) is 25.1 Å². The van der Waals surface area contributed by atoms with Crippen LogP contribution in [0.25, 0.3) is 16.9 Å². The highest BCUT2D eigenvalue weighted by Crippen LogP contribution is 2.26. The number of imidazole rings is 1. The predicted molar refractivity (Wildman–Crippen MR) is 97.8 cm³/mol. The number of benzene rings is 1. The second-order valence-corrected chi connectivity index (χ2v) is 8.64. The first kappa shape index (κ1) is 16.3. The quantitative estimate of drug-likeness (QED) is 0.723. The molecule has 0 radical (unpaired) electrons. The summed E-state index contributed by atoms with van der Waals surface area (Å²) in [5.74, 6) is 0.601. The molecule has 25 heavy (non-hydrogen) atoms. The van der Waals surface area contributed by atoms with Crippen LogP contribution in [0.1, 0.15) is 19.8 Å². The minimum atomic E-state index is -3.40. The van der Waals surface area contributed by atoms with Gasteiger partial charge in [0.15, 0.2) is 0 Å². The fourth-order valence-corrected chi connectivity index (χ4v) is 4.72. The van der Waals surface area contributed by atoms with Gasteiger partial charge in [-0.15, -0.1) is 0 Å². The fraction of sp³-hybridized carbons (Fsp3) is 0.316. The van der Waals surface area contributed by atoms with Gasteiger partial charge in [0.25, 0.3) is 0 Å². The van der Waals surface area contributed by atoms with Gasteiger partial charge < -0.3 is 4.40 Å². The Morgan fingerprint density at radius 1 is 1.04 bits per heavy atom. The van der Waals surface area contributed by atoms with E-state index in [9.17, 15) is 8.42 Å². The highest BCUT2D eigenvalue weighted by atomic mass is 32.2. The molecule has 0 amide bonds. The summed E-state index contributed by atoms with van der Waals surface area (Å²) in [6.07, 6.45) is 5.75. The summed E-state index contributed by atoms with van der Waals surface area (Å²) in [4.78, 5) is 4.93. The summed E-state index contributed by atoms with van der Waals surface area (Å²) in [6, 6.07) is 12.9. The number of hydrogen-bond donors (Lipinski definition) is 0. The third-order valence-corrected chi connectivity index (χ3v) is 6.81. The molecule has 0 atom stereocenters. The number of fused-ring (bicyclic) bond motifs is 1. The molecule has 0 N–H and O–H groups in total. The van der Waals surface area contributed by atoms with E-state index >= 15 is 0 Å². The van der Waals surface area contributed by atoms with Gasteiger partial charge in [-0.3, -0.25) is 0 Å². The SMILES string of the molecule is CC1CCN(S(=O)(=O)c2ccc(-c3cn4ccccc4n3)cc2)CC1. The fourth-order valence-electron chi connectivity index (χ4n) is 3.25. The predicted octanol–water partition coefficient (Wildman–Crippen LogP) is 3.42. The van der Waals surface area contributed by atoms with Crippen molar-refractivity contribution in [2.75, 3.05) is 13.1 Å². The van der Waals surface area contributed by atoms with Gasteiger partial charge in [0.2, 0.25) is 10.0 Å². The van der Waals surface area contributed by atoms with Crippen LogP contribution in [0.15, 0.2) is 59.8 Å². The van der Waals surface area contributed by atoms with E-state index in [1.807, 2.05) is 47.1 Å².